The van der Waals surface area contributed by atoms with E-state index in [1.54, 1.807) is 52.4 Å². The Morgan fingerprint density at radius 1 is 1.00 bits per heavy atom. The number of benzene rings is 2. The average Bonchev–Trinajstić information content (AvgIpc) is 3.63. The van der Waals surface area contributed by atoms with Gasteiger partial charge < -0.3 is 9.64 Å². The molecule has 220 valence electrons. The Balaban J connectivity index is 1.16. The van der Waals surface area contributed by atoms with Crippen LogP contribution >= 0.6 is 0 Å². The fraction of sp³-hybridized carbons (Fsp3) is 0.242. The fourth-order valence-electron chi connectivity index (χ4n) is 6.27. The molecule has 6 aromatic rings. The molecule has 2 aromatic carbocycles. The molecule has 8 rings (SSSR count). The van der Waals surface area contributed by atoms with Crippen molar-refractivity contribution >= 4 is 28.3 Å². The van der Waals surface area contributed by atoms with Crippen molar-refractivity contribution in [1.29, 1.82) is 0 Å². The molecule has 2 aliphatic heterocycles. The molecule has 2 unspecified atom stereocenters. The lowest BCUT2D eigenvalue weighted by Crippen LogP contribution is -2.80. The fourth-order valence-corrected chi connectivity index (χ4v) is 6.27. The summed E-state index contributed by atoms with van der Waals surface area (Å²) in [5.41, 5.74) is 6.08. The molecule has 1 N–H and O–H groups in total. The van der Waals surface area contributed by atoms with Gasteiger partial charge in [0.05, 0.1) is 35.1 Å². The van der Waals surface area contributed by atoms with Crippen LogP contribution in [0, 0.1) is 5.82 Å². The first kappa shape index (κ1) is 26.3. The monoisotopic (exact) mass is 588 g/mol. The highest BCUT2D eigenvalue weighted by Gasteiger charge is 2.54. The van der Waals surface area contributed by atoms with Crippen molar-refractivity contribution in [2.45, 2.75) is 38.5 Å². The predicted molar refractivity (Wildman–Crippen MR) is 165 cm³/mol. The number of aromatic nitrogens is 6. The van der Waals surface area contributed by atoms with E-state index in [0.717, 1.165) is 33.3 Å². The number of likely N-dealkylation sites (tertiary alicyclic amines) is 1. The number of hydrogen-bond donors (Lipinski definition) is 1. The minimum absolute atomic E-state index is 0.0844. The van der Waals surface area contributed by atoms with Gasteiger partial charge in [0, 0.05) is 53.9 Å². The van der Waals surface area contributed by atoms with Crippen LogP contribution in [0.15, 0.2) is 79.4 Å². The van der Waals surface area contributed by atoms with E-state index in [9.17, 15) is 4.79 Å². The quantitative estimate of drug-likeness (QED) is 0.271. The Kier molecular flexibility index (Phi) is 5.74. The molecular weight excluding hydrogens is 559 g/mol. The van der Waals surface area contributed by atoms with Crippen molar-refractivity contribution in [3.8, 4) is 33.6 Å². The molecule has 6 heterocycles. The van der Waals surface area contributed by atoms with Gasteiger partial charge in [0.15, 0.2) is 5.65 Å². The molecule has 0 aliphatic carbocycles. The summed E-state index contributed by atoms with van der Waals surface area (Å²) in [6.45, 7) is 6.78. The molecule has 0 saturated carbocycles. The molecule has 10 nitrogen and oxygen atoms in total. The first-order valence-corrected chi connectivity index (χ1v) is 14.5. The van der Waals surface area contributed by atoms with Gasteiger partial charge in [-0.2, -0.15) is 10.2 Å². The molecule has 0 radical (unpaired) electrons. The Labute approximate surface area is 252 Å². The second-order valence-electron chi connectivity index (χ2n) is 12.2. The second-order valence-corrected chi connectivity index (χ2v) is 12.2. The number of hydrogen-bond acceptors (Lipinski definition) is 7. The van der Waals surface area contributed by atoms with Gasteiger partial charge in [0.2, 0.25) is 0 Å². The zero-order valence-corrected chi connectivity index (χ0v) is 24.4. The van der Waals surface area contributed by atoms with E-state index >= 15 is 4.39 Å². The summed E-state index contributed by atoms with van der Waals surface area (Å²) in [6, 6.07) is 17.1. The summed E-state index contributed by atoms with van der Waals surface area (Å²) in [5, 5.41) is 13.2. The largest absolute Gasteiger partial charge is 0.444 e. The number of halogens is 1. The second kappa shape index (κ2) is 9.60. The molecule has 0 bridgehead atoms. The van der Waals surface area contributed by atoms with Crippen molar-refractivity contribution in [3.63, 3.8) is 0 Å². The van der Waals surface area contributed by atoms with Crippen molar-refractivity contribution in [3.05, 3.63) is 85.2 Å². The number of carbonyl (C=O) groups is 1. The van der Waals surface area contributed by atoms with E-state index < -0.39 is 5.60 Å². The average molecular weight is 589 g/mol. The van der Waals surface area contributed by atoms with Gasteiger partial charge in [-0.15, -0.1) is 0 Å². The summed E-state index contributed by atoms with van der Waals surface area (Å²) < 4.78 is 23.2. The Morgan fingerprint density at radius 2 is 1.84 bits per heavy atom. The number of H-pyrrole nitrogens is 1. The summed E-state index contributed by atoms with van der Waals surface area (Å²) in [4.78, 5) is 25.3. The van der Waals surface area contributed by atoms with Crippen LogP contribution in [0.5, 0.6) is 0 Å². The van der Waals surface area contributed by atoms with Crippen LogP contribution in [-0.4, -0.2) is 71.5 Å². The lowest BCUT2D eigenvalue weighted by Gasteiger charge is -2.62. The van der Waals surface area contributed by atoms with Crippen molar-refractivity contribution in [1.82, 2.24) is 34.7 Å². The van der Waals surface area contributed by atoms with Crippen molar-refractivity contribution in [2.75, 3.05) is 18.0 Å². The first-order valence-electron chi connectivity index (χ1n) is 14.5. The topological polar surface area (TPSA) is 105 Å². The van der Waals surface area contributed by atoms with Gasteiger partial charge in [-0.3, -0.25) is 15.0 Å². The number of anilines is 1. The number of rotatable bonds is 4. The first-order chi connectivity index (χ1) is 21.3. The summed E-state index contributed by atoms with van der Waals surface area (Å²) >= 11 is 0. The maximum absolute atomic E-state index is 15.9. The van der Waals surface area contributed by atoms with Crippen molar-refractivity contribution < 1.29 is 13.9 Å². The maximum Gasteiger partial charge on any atom is 0.410 e. The highest BCUT2D eigenvalue weighted by Crippen LogP contribution is 2.41. The molecule has 2 saturated heterocycles. The van der Waals surface area contributed by atoms with Crippen LogP contribution < -0.4 is 4.90 Å². The van der Waals surface area contributed by atoms with Gasteiger partial charge in [0.1, 0.15) is 17.1 Å². The van der Waals surface area contributed by atoms with Crippen LogP contribution in [-0.2, 0) is 4.74 Å². The Morgan fingerprint density at radius 3 is 2.59 bits per heavy atom. The SMILES string of the molecule is CC(C)(C)OC(=O)N1CC2C1CN2c1ccc(-c2ccnc3c(-c4cccc5[nH]ncc45)c(-c4ccncc4)nn23)c(F)c1. The third-order valence-electron chi connectivity index (χ3n) is 8.43. The van der Waals surface area contributed by atoms with Crippen molar-refractivity contribution in [2.24, 2.45) is 0 Å². The molecule has 11 heteroatoms. The zero-order valence-electron chi connectivity index (χ0n) is 24.4. The van der Waals surface area contributed by atoms with Crippen LogP contribution in [0.3, 0.4) is 0 Å². The number of amides is 1. The number of pyridine rings is 1. The summed E-state index contributed by atoms with van der Waals surface area (Å²) in [5.74, 6) is -0.360. The molecule has 2 atom stereocenters. The van der Waals surface area contributed by atoms with Crippen LogP contribution in [0.4, 0.5) is 14.9 Å². The molecular formula is C33H29FN8O2. The van der Waals surface area contributed by atoms with E-state index in [1.165, 1.54) is 0 Å². The number of nitrogens with zero attached hydrogens (tertiary/aromatic N) is 7. The third-order valence-corrected chi connectivity index (χ3v) is 8.43. The number of fused-ring (bicyclic) bond motifs is 3. The number of piperazine rings is 1. The van der Waals surface area contributed by atoms with Crippen LogP contribution in [0.25, 0.3) is 50.2 Å². The number of carbonyl (C=O) groups excluding carboxylic acids is 1. The van der Waals surface area contributed by atoms with Gasteiger partial charge in [0.25, 0.3) is 0 Å². The summed E-state index contributed by atoms with van der Waals surface area (Å²) in [7, 11) is 0. The molecule has 1 amide bonds. The minimum Gasteiger partial charge on any atom is -0.444 e. The number of ether oxygens (including phenoxy) is 1. The van der Waals surface area contributed by atoms with Crippen LogP contribution in [0.2, 0.25) is 0 Å². The van der Waals surface area contributed by atoms with Gasteiger partial charge in [-0.05, 0) is 68.8 Å². The highest BCUT2D eigenvalue weighted by molar-refractivity contribution is 6.02. The van der Waals surface area contributed by atoms with E-state index in [4.69, 9.17) is 14.8 Å². The summed E-state index contributed by atoms with van der Waals surface area (Å²) in [6.07, 6.45) is 6.64. The Bertz CT molecular complexity index is 2070. The Hall–Kier alpha value is -5.32. The van der Waals surface area contributed by atoms with Gasteiger partial charge in [-0.25, -0.2) is 18.7 Å². The van der Waals surface area contributed by atoms with E-state index in [0.29, 0.717) is 35.7 Å². The molecule has 0 spiro atoms. The van der Waals surface area contributed by atoms with Gasteiger partial charge >= 0.3 is 6.09 Å². The minimum atomic E-state index is -0.538. The standard InChI is InChI=1S/C33H29FN8O2/c1-33(2,3)44-32(43)41-18-27-28(41)17-40(27)20-7-8-22(24(34)15-20)26-11-14-36-31-29(21-5-4-6-25-23(21)16-37-38-25)30(39-42(26)31)19-9-12-35-13-10-19/h4-16,27-28H,17-18H2,1-3H3,(H,37,38). The molecule has 2 aliphatic rings. The maximum atomic E-state index is 15.9. The lowest BCUT2D eigenvalue weighted by molar-refractivity contribution is -0.0310. The van der Waals surface area contributed by atoms with E-state index in [-0.39, 0.29) is 24.0 Å². The number of nitrogens with one attached hydrogen (secondary N) is 1. The molecule has 4 aromatic heterocycles. The predicted octanol–water partition coefficient (Wildman–Crippen LogP) is 5.95. The normalized spacial score (nSPS) is 17.8. The van der Waals surface area contributed by atoms with Crippen LogP contribution in [0.1, 0.15) is 20.8 Å². The smallest absolute Gasteiger partial charge is 0.410 e. The molecule has 2 fully saturated rings. The molecule has 44 heavy (non-hydrogen) atoms. The number of aromatic amines is 1. The van der Waals surface area contributed by atoms with E-state index in [2.05, 4.69) is 20.1 Å². The van der Waals surface area contributed by atoms with Gasteiger partial charge in [-0.1, -0.05) is 12.1 Å². The lowest BCUT2D eigenvalue weighted by atomic mass is 9.85. The van der Waals surface area contributed by atoms with E-state index in [1.807, 2.05) is 57.2 Å². The highest BCUT2D eigenvalue weighted by atomic mass is 19.1. The third kappa shape index (κ3) is 4.10. The zero-order chi connectivity index (χ0) is 30.2.